The molecule has 2 heteroatoms. The van der Waals surface area contributed by atoms with E-state index in [2.05, 4.69) is 0 Å². The molecule has 0 aliphatic heterocycles. The van der Waals surface area contributed by atoms with Crippen LogP contribution in [0.4, 0.5) is 0 Å². The Morgan fingerprint density at radius 3 is 1.92 bits per heavy atom. The van der Waals surface area contributed by atoms with Crippen molar-refractivity contribution in [2.45, 2.75) is 59.2 Å². The summed E-state index contributed by atoms with van der Waals surface area (Å²) < 4.78 is 0. The van der Waals surface area contributed by atoms with E-state index in [4.69, 9.17) is 0 Å². The van der Waals surface area contributed by atoms with Crippen molar-refractivity contribution in [3.63, 3.8) is 0 Å². The monoisotopic (exact) mass is 188 g/mol. The second kappa shape index (κ2) is 4.97. The summed E-state index contributed by atoms with van der Waals surface area (Å²) in [6, 6.07) is 0. The molecule has 0 saturated carbocycles. The highest BCUT2D eigenvalue weighted by Gasteiger charge is 2.25. The summed E-state index contributed by atoms with van der Waals surface area (Å²) in [5.41, 5.74) is -0.643. The maximum Gasteiger partial charge on any atom is 0.0643 e. The third-order valence-corrected chi connectivity index (χ3v) is 2.96. The average Bonchev–Trinajstić information content (AvgIpc) is 1.99. The molecular weight excluding hydrogens is 164 g/mol. The molecule has 0 bridgehead atoms. The zero-order valence-electron chi connectivity index (χ0n) is 9.54. The normalized spacial score (nSPS) is 19.2. The van der Waals surface area contributed by atoms with Crippen molar-refractivity contribution in [3.05, 3.63) is 0 Å². The Hall–Kier alpha value is -0.0800. The Morgan fingerprint density at radius 2 is 1.62 bits per heavy atom. The zero-order valence-corrected chi connectivity index (χ0v) is 9.54. The van der Waals surface area contributed by atoms with Gasteiger partial charge in [-0.1, -0.05) is 27.7 Å². The van der Waals surface area contributed by atoms with E-state index < -0.39 is 5.60 Å². The van der Waals surface area contributed by atoms with Gasteiger partial charge in [-0.2, -0.15) is 0 Å². The molecule has 0 aromatic carbocycles. The molecule has 0 aromatic rings. The van der Waals surface area contributed by atoms with Crippen molar-refractivity contribution in [2.75, 3.05) is 0 Å². The van der Waals surface area contributed by atoms with Crippen LogP contribution in [0, 0.1) is 11.8 Å². The van der Waals surface area contributed by atoms with E-state index in [1.54, 1.807) is 0 Å². The van der Waals surface area contributed by atoms with Gasteiger partial charge in [0.25, 0.3) is 0 Å². The molecule has 0 amide bonds. The fourth-order valence-electron chi connectivity index (χ4n) is 1.06. The minimum Gasteiger partial charge on any atom is -0.393 e. The largest absolute Gasteiger partial charge is 0.393 e. The minimum atomic E-state index is -0.643. The van der Waals surface area contributed by atoms with Gasteiger partial charge in [0.2, 0.25) is 0 Å². The molecule has 2 N–H and O–H groups in total. The fourth-order valence-corrected chi connectivity index (χ4v) is 1.06. The molecule has 0 radical (unpaired) electrons. The van der Waals surface area contributed by atoms with Crippen LogP contribution in [0.15, 0.2) is 0 Å². The number of aliphatic hydroxyl groups excluding tert-OH is 1. The third kappa shape index (κ3) is 4.63. The predicted molar refractivity (Wildman–Crippen MR) is 55.5 cm³/mol. The Morgan fingerprint density at radius 1 is 1.15 bits per heavy atom. The molecule has 0 aliphatic carbocycles. The van der Waals surface area contributed by atoms with Crippen molar-refractivity contribution < 1.29 is 10.2 Å². The Labute approximate surface area is 82.0 Å². The van der Waals surface area contributed by atoms with Crippen LogP contribution in [0.5, 0.6) is 0 Å². The van der Waals surface area contributed by atoms with Crippen LogP contribution < -0.4 is 0 Å². The van der Waals surface area contributed by atoms with Crippen molar-refractivity contribution in [1.29, 1.82) is 0 Å². The van der Waals surface area contributed by atoms with Gasteiger partial charge in [-0.3, -0.25) is 0 Å². The summed E-state index contributed by atoms with van der Waals surface area (Å²) >= 11 is 0. The first-order valence-electron chi connectivity index (χ1n) is 5.18. The molecule has 0 spiro atoms. The summed E-state index contributed by atoms with van der Waals surface area (Å²) in [5, 5.41) is 19.5. The van der Waals surface area contributed by atoms with E-state index in [9.17, 15) is 10.2 Å². The highest BCUT2D eigenvalue weighted by molar-refractivity contribution is 4.78. The maximum absolute atomic E-state index is 9.91. The molecule has 0 rings (SSSR count). The lowest BCUT2D eigenvalue weighted by Crippen LogP contribution is -2.32. The second-order valence-corrected chi connectivity index (χ2v) is 4.86. The average molecular weight is 188 g/mol. The summed E-state index contributed by atoms with van der Waals surface area (Å²) in [6.07, 6.45) is 1.07. The molecular formula is C11H24O2. The van der Waals surface area contributed by atoms with Crippen molar-refractivity contribution in [2.24, 2.45) is 11.8 Å². The van der Waals surface area contributed by atoms with Crippen LogP contribution in [-0.4, -0.2) is 21.9 Å². The Bertz CT molecular complexity index is 139. The molecule has 0 saturated heterocycles. The molecule has 0 aliphatic rings. The van der Waals surface area contributed by atoms with E-state index in [0.717, 1.165) is 0 Å². The molecule has 0 fully saturated rings. The third-order valence-electron chi connectivity index (χ3n) is 2.96. The summed E-state index contributed by atoms with van der Waals surface area (Å²) in [4.78, 5) is 0. The SMILES string of the molecule is CC(C)C(O)CCC(C)(O)C(C)C. The van der Waals surface area contributed by atoms with Gasteiger partial charge in [-0.05, 0) is 31.6 Å². The van der Waals surface area contributed by atoms with Gasteiger partial charge in [0.1, 0.15) is 0 Å². The summed E-state index contributed by atoms with van der Waals surface area (Å²) in [7, 11) is 0. The van der Waals surface area contributed by atoms with E-state index >= 15 is 0 Å². The van der Waals surface area contributed by atoms with Crippen molar-refractivity contribution >= 4 is 0 Å². The van der Waals surface area contributed by atoms with Gasteiger partial charge in [0, 0.05) is 0 Å². The molecule has 0 aromatic heterocycles. The molecule has 2 unspecified atom stereocenters. The Kier molecular flexibility index (Phi) is 4.93. The summed E-state index contributed by atoms with van der Waals surface area (Å²) in [6.45, 7) is 9.83. The first-order valence-corrected chi connectivity index (χ1v) is 5.18. The molecule has 2 nitrogen and oxygen atoms in total. The molecule has 80 valence electrons. The highest BCUT2D eigenvalue weighted by atomic mass is 16.3. The van der Waals surface area contributed by atoms with Gasteiger partial charge in [-0.15, -0.1) is 0 Å². The lowest BCUT2D eigenvalue weighted by atomic mass is 9.86. The highest BCUT2D eigenvalue weighted by Crippen LogP contribution is 2.23. The number of hydrogen-bond acceptors (Lipinski definition) is 2. The first-order chi connectivity index (χ1) is 5.77. The second-order valence-electron chi connectivity index (χ2n) is 4.86. The topological polar surface area (TPSA) is 40.5 Å². The van der Waals surface area contributed by atoms with E-state index in [1.165, 1.54) is 0 Å². The smallest absolute Gasteiger partial charge is 0.0643 e. The first kappa shape index (κ1) is 12.9. The maximum atomic E-state index is 9.91. The summed E-state index contributed by atoms with van der Waals surface area (Å²) in [5.74, 6) is 0.523. The fraction of sp³-hybridized carbons (Fsp3) is 1.00. The van der Waals surface area contributed by atoms with Gasteiger partial charge in [-0.25, -0.2) is 0 Å². The number of hydrogen-bond donors (Lipinski definition) is 2. The van der Waals surface area contributed by atoms with Gasteiger partial charge < -0.3 is 10.2 Å². The van der Waals surface area contributed by atoms with Crippen LogP contribution in [0.2, 0.25) is 0 Å². The molecule has 0 heterocycles. The molecule has 2 atom stereocenters. The van der Waals surface area contributed by atoms with Crippen molar-refractivity contribution in [3.8, 4) is 0 Å². The van der Waals surface area contributed by atoms with Crippen LogP contribution >= 0.6 is 0 Å². The van der Waals surface area contributed by atoms with Gasteiger partial charge in [0.05, 0.1) is 11.7 Å². The van der Waals surface area contributed by atoms with Crippen LogP contribution in [0.25, 0.3) is 0 Å². The zero-order chi connectivity index (χ0) is 10.6. The Balaban J connectivity index is 3.88. The van der Waals surface area contributed by atoms with Gasteiger partial charge >= 0.3 is 0 Å². The minimum absolute atomic E-state index is 0.242. The lowest BCUT2D eigenvalue weighted by Gasteiger charge is -2.29. The van der Waals surface area contributed by atoms with E-state index in [0.29, 0.717) is 12.8 Å². The number of aliphatic hydroxyl groups is 2. The van der Waals surface area contributed by atoms with Crippen molar-refractivity contribution in [1.82, 2.24) is 0 Å². The van der Waals surface area contributed by atoms with E-state index in [-0.39, 0.29) is 17.9 Å². The predicted octanol–water partition coefficient (Wildman–Crippen LogP) is 2.19. The number of rotatable bonds is 5. The quantitative estimate of drug-likeness (QED) is 0.694. The van der Waals surface area contributed by atoms with Gasteiger partial charge in [0.15, 0.2) is 0 Å². The van der Waals surface area contributed by atoms with Crippen LogP contribution in [0.1, 0.15) is 47.5 Å². The standard InChI is InChI=1S/C11H24O2/c1-8(2)10(12)6-7-11(5,13)9(3)4/h8-10,12-13H,6-7H2,1-5H3. The lowest BCUT2D eigenvalue weighted by molar-refractivity contribution is -0.0122. The molecule has 13 heavy (non-hydrogen) atoms. The van der Waals surface area contributed by atoms with Crippen LogP contribution in [-0.2, 0) is 0 Å². The van der Waals surface area contributed by atoms with E-state index in [1.807, 2.05) is 34.6 Å². The van der Waals surface area contributed by atoms with Crippen LogP contribution in [0.3, 0.4) is 0 Å².